The van der Waals surface area contributed by atoms with Crippen molar-refractivity contribution < 1.29 is 14.6 Å². The molecule has 1 heterocycles. The highest BCUT2D eigenvalue weighted by Gasteiger charge is 2.12. The van der Waals surface area contributed by atoms with E-state index in [1.807, 2.05) is 6.92 Å². The quantitative estimate of drug-likeness (QED) is 0.742. The normalized spacial score (nSPS) is 12.5. The number of rotatable bonds is 3. The number of hydrogen-bond donors (Lipinski definition) is 2. The lowest BCUT2D eigenvalue weighted by Gasteiger charge is -2.04. The molecule has 4 nitrogen and oxygen atoms in total. The molecule has 3 N–H and O–H groups in total. The summed E-state index contributed by atoms with van der Waals surface area (Å²) in [6.07, 6.45) is -0.641. The topological polar surface area (TPSA) is 72.5 Å². The molecule has 0 saturated carbocycles. The second kappa shape index (κ2) is 4.43. The van der Waals surface area contributed by atoms with Crippen LogP contribution in [0, 0.1) is 6.92 Å². The predicted octanol–water partition coefficient (Wildman–Crippen LogP) is 1.18. The van der Waals surface area contributed by atoms with Crippen LogP contribution in [0.15, 0.2) is 6.07 Å². The van der Waals surface area contributed by atoms with Gasteiger partial charge in [-0.25, -0.2) is 4.79 Å². The zero-order valence-corrected chi connectivity index (χ0v) is 8.93. The van der Waals surface area contributed by atoms with Crippen molar-refractivity contribution in [1.29, 1.82) is 0 Å². The monoisotopic (exact) mass is 215 g/mol. The van der Waals surface area contributed by atoms with E-state index in [0.29, 0.717) is 10.6 Å². The lowest BCUT2D eigenvalue weighted by atomic mass is 10.4. The van der Waals surface area contributed by atoms with Crippen LogP contribution < -0.4 is 5.73 Å². The van der Waals surface area contributed by atoms with Gasteiger partial charge in [-0.3, -0.25) is 0 Å². The van der Waals surface area contributed by atoms with E-state index in [0.717, 1.165) is 4.88 Å². The van der Waals surface area contributed by atoms with Gasteiger partial charge in [0.25, 0.3) is 0 Å². The minimum atomic E-state index is -0.641. The molecule has 0 aromatic carbocycles. The van der Waals surface area contributed by atoms with Gasteiger partial charge in [0.15, 0.2) is 0 Å². The van der Waals surface area contributed by atoms with E-state index in [1.165, 1.54) is 11.3 Å². The highest BCUT2D eigenvalue weighted by molar-refractivity contribution is 7.14. The molecule has 0 spiro atoms. The van der Waals surface area contributed by atoms with Gasteiger partial charge in [0.1, 0.15) is 11.5 Å². The Morgan fingerprint density at radius 1 is 1.79 bits per heavy atom. The van der Waals surface area contributed by atoms with Gasteiger partial charge in [0.05, 0.1) is 6.10 Å². The molecule has 1 unspecified atom stereocenters. The van der Waals surface area contributed by atoms with Crippen molar-refractivity contribution in [2.24, 2.45) is 0 Å². The van der Waals surface area contributed by atoms with Crippen LogP contribution in [-0.2, 0) is 4.74 Å². The van der Waals surface area contributed by atoms with Crippen LogP contribution in [0.4, 0.5) is 5.69 Å². The minimum absolute atomic E-state index is 0.00961. The van der Waals surface area contributed by atoms with Crippen molar-refractivity contribution in [2.75, 3.05) is 12.3 Å². The fourth-order valence-corrected chi connectivity index (χ4v) is 1.70. The number of carbonyl (C=O) groups is 1. The number of ether oxygens (including phenoxy) is 1. The molecule has 0 aliphatic heterocycles. The summed E-state index contributed by atoms with van der Waals surface area (Å²) < 4.78 is 4.82. The van der Waals surface area contributed by atoms with Crippen LogP contribution in [0.5, 0.6) is 0 Å². The van der Waals surface area contributed by atoms with Crippen LogP contribution in [0.25, 0.3) is 0 Å². The molecule has 1 aromatic heterocycles. The first-order valence-electron chi connectivity index (χ1n) is 4.21. The standard InChI is InChI=1S/C9H13NO3S/c1-5(11)4-13-9(12)8-3-7(10)6(2)14-8/h3,5,11H,4,10H2,1-2H3. The molecular formula is C9H13NO3S. The average molecular weight is 215 g/mol. The average Bonchev–Trinajstić information content (AvgIpc) is 2.43. The van der Waals surface area contributed by atoms with E-state index in [-0.39, 0.29) is 6.61 Å². The Hall–Kier alpha value is -1.07. The van der Waals surface area contributed by atoms with Gasteiger partial charge in [0, 0.05) is 10.6 Å². The van der Waals surface area contributed by atoms with Gasteiger partial charge >= 0.3 is 5.97 Å². The van der Waals surface area contributed by atoms with Crippen LogP contribution in [-0.4, -0.2) is 23.8 Å². The maximum absolute atomic E-state index is 11.3. The van der Waals surface area contributed by atoms with Gasteiger partial charge in [-0.1, -0.05) is 0 Å². The Kier molecular flexibility index (Phi) is 3.49. The summed E-state index contributed by atoms with van der Waals surface area (Å²) in [6.45, 7) is 3.41. The number of anilines is 1. The van der Waals surface area contributed by atoms with Crippen molar-refractivity contribution in [2.45, 2.75) is 20.0 Å². The number of carbonyl (C=O) groups excluding carboxylic acids is 1. The summed E-state index contributed by atoms with van der Waals surface area (Å²) in [5.74, 6) is -0.435. The number of esters is 1. The third kappa shape index (κ3) is 2.71. The number of nitrogens with two attached hydrogens (primary N) is 1. The smallest absolute Gasteiger partial charge is 0.348 e. The second-order valence-corrected chi connectivity index (χ2v) is 4.33. The maximum Gasteiger partial charge on any atom is 0.348 e. The van der Waals surface area contributed by atoms with E-state index in [4.69, 9.17) is 15.6 Å². The van der Waals surface area contributed by atoms with Crippen LogP contribution in [0.2, 0.25) is 0 Å². The van der Waals surface area contributed by atoms with Crippen molar-refractivity contribution in [3.8, 4) is 0 Å². The highest BCUT2D eigenvalue weighted by atomic mass is 32.1. The van der Waals surface area contributed by atoms with Gasteiger partial charge < -0.3 is 15.6 Å². The summed E-state index contributed by atoms with van der Waals surface area (Å²) in [6, 6.07) is 1.59. The van der Waals surface area contributed by atoms with Crippen molar-refractivity contribution in [3.05, 3.63) is 15.8 Å². The molecule has 0 radical (unpaired) electrons. The molecule has 78 valence electrons. The molecule has 0 bridgehead atoms. The van der Waals surface area contributed by atoms with Crippen LogP contribution in [0.3, 0.4) is 0 Å². The molecule has 0 aliphatic carbocycles. The first kappa shape index (κ1) is 11.0. The Labute approximate surface area is 86.3 Å². The fraction of sp³-hybridized carbons (Fsp3) is 0.444. The highest BCUT2D eigenvalue weighted by Crippen LogP contribution is 2.23. The maximum atomic E-state index is 11.3. The van der Waals surface area contributed by atoms with E-state index >= 15 is 0 Å². The number of aliphatic hydroxyl groups is 1. The Morgan fingerprint density at radius 3 is 2.86 bits per heavy atom. The van der Waals surface area contributed by atoms with E-state index in [9.17, 15) is 4.79 Å². The SMILES string of the molecule is Cc1sc(C(=O)OCC(C)O)cc1N. The number of aryl methyl sites for hydroxylation is 1. The number of nitrogen functional groups attached to an aromatic ring is 1. The largest absolute Gasteiger partial charge is 0.459 e. The predicted molar refractivity (Wildman–Crippen MR) is 55.4 cm³/mol. The van der Waals surface area contributed by atoms with Gasteiger partial charge in [-0.05, 0) is 19.9 Å². The van der Waals surface area contributed by atoms with Crippen molar-refractivity contribution in [3.63, 3.8) is 0 Å². The second-order valence-electron chi connectivity index (χ2n) is 3.07. The van der Waals surface area contributed by atoms with Crippen molar-refractivity contribution >= 4 is 23.0 Å². The summed E-state index contributed by atoms with van der Waals surface area (Å²) >= 11 is 1.29. The van der Waals surface area contributed by atoms with Gasteiger partial charge in [0.2, 0.25) is 0 Å². The summed E-state index contributed by atoms with van der Waals surface area (Å²) in [4.78, 5) is 12.7. The molecule has 1 rings (SSSR count). The first-order valence-corrected chi connectivity index (χ1v) is 5.03. The molecule has 1 aromatic rings. The van der Waals surface area contributed by atoms with Gasteiger partial charge in [-0.15, -0.1) is 11.3 Å². The summed E-state index contributed by atoms with van der Waals surface area (Å²) in [5, 5.41) is 8.91. The molecule has 14 heavy (non-hydrogen) atoms. The molecule has 1 atom stereocenters. The molecule has 0 fully saturated rings. The third-order valence-electron chi connectivity index (χ3n) is 1.61. The first-order chi connectivity index (χ1) is 6.50. The molecule has 5 heteroatoms. The molecule has 0 amide bonds. The van der Waals surface area contributed by atoms with E-state index in [2.05, 4.69) is 0 Å². The zero-order valence-electron chi connectivity index (χ0n) is 8.11. The summed E-state index contributed by atoms with van der Waals surface area (Å²) in [7, 11) is 0. The van der Waals surface area contributed by atoms with E-state index in [1.54, 1.807) is 13.0 Å². The Morgan fingerprint density at radius 2 is 2.43 bits per heavy atom. The fourth-order valence-electron chi connectivity index (χ4n) is 0.864. The van der Waals surface area contributed by atoms with Crippen LogP contribution in [0.1, 0.15) is 21.5 Å². The molecule has 0 aliphatic rings. The lowest BCUT2D eigenvalue weighted by Crippen LogP contribution is -2.14. The third-order valence-corrected chi connectivity index (χ3v) is 2.66. The zero-order chi connectivity index (χ0) is 10.7. The van der Waals surface area contributed by atoms with Gasteiger partial charge in [-0.2, -0.15) is 0 Å². The number of hydrogen-bond acceptors (Lipinski definition) is 5. The van der Waals surface area contributed by atoms with E-state index < -0.39 is 12.1 Å². The van der Waals surface area contributed by atoms with Crippen LogP contribution >= 0.6 is 11.3 Å². The Balaban J connectivity index is 2.61. The summed E-state index contributed by atoms with van der Waals surface area (Å²) in [5.41, 5.74) is 6.18. The molecular weight excluding hydrogens is 202 g/mol. The molecule has 0 saturated heterocycles. The number of aliphatic hydroxyl groups excluding tert-OH is 1. The number of thiophene rings is 1. The minimum Gasteiger partial charge on any atom is -0.459 e. The Bertz CT molecular complexity index is 313. The van der Waals surface area contributed by atoms with Crippen molar-refractivity contribution in [1.82, 2.24) is 0 Å². The lowest BCUT2D eigenvalue weighted by molar-refractivity contribution is 0.0301.